The van der Waals surface area contributed by atoms with Crippen LogP contribution in [0.25, 0.3) is 11.4 Å². The van der Waals surface area contributed by atoms with E-state index in [2.05, 4.69) is 51.8 Å². The van der Waals surface area contributed by atoms with Crippen LogP contribution in [0.4, 0.5) is 0 Å². The van der Waals surface area contributed by atoms with Crippen LogP contribution in [0.2, 0.25) is 5.15 Å². The van der Waals surface area contributed by atoms with Crippen molar-refractivity contribution in [1.82, 2.24) is 19.7 Å². The van der Waals surface area contributed by atoms with Gasteiger partial charge in [-0.2, -0.15) is 5.10 Å². The summed E-state index contributed by atoms with van der Waals surface area (Å²) in [4.78, 5) is 8.96. The zero-order chi connectivity index (χ0) is 14.7. The summed E-state index contributed by atoms with van der Waals surface area (Å²) in [6, 6.07) is 0. The molecule has 0 atom stereocenters. The first-order valence-electron chi connectivity index (χ1n) is 6.76. The smallest absolute Gasteiger partial charge is 0.164 e. The quantitative estimate of drug-likeness (QED) is 0.747. The molecule has 2 heterocycles. The monoisotopic (exact) mass is 356 g/mol. The van der Waals surface area contributed by atoms with Crippen molar-refractivity contribution in [1.29, 1.82) is 0 Å². The highest BCUT2D eigenvalue weighted by atomic mass is 79.9. The average molecular weight is 358 g/mol. The van der Waals surface area contributed by atoms with Gasteiger partial charge in [0.25, 0.3) is 0 Å². The van der Waals surface area contributed by atoms with Gasteiger partial charge in [-0.05, 0) is 34.7 Å². The van der Waals surface area contributed by atoms with Crippen molar-refractivity contribution in [3.63, 3.8) is 0 Å². The van der Waals surface area contributed by atoms with Crippen LogP contribution in [0.15, 0.2) is 16.9 Å². The number of hydrogen-bond acceptors (Lipinski definition) is 3. The summed E-state index contributed by atoms with van der Waals surface area (Å²) < 4.78 is 2.69. The van der Waals surface area contributed by atoms with Crippen LogP contribution in [0.3, 0.4) is 0 Å². The molecule has 0 saturated heterocycles. The van der Waals surface area contributed by atoms with Gasteiger partial charge in [-0.25, -0.2) is 9.97 Å². The van der Waals surface area contributed by atoms with Crippen LogP contribution in [0, 0.1) is 5.92 Å². The third-order valence-electron chi connectivity index (χ3n) is 2.83. The first-order valence-corrected chi connectivity index (χ1v) is 7.93. The fourth-order valence-electron chi connectivity index (χ4n) is 1.94. The van der Waals surface area contributed by atoms with Crippen LogP contribution < -0.4 is 0 Å². The lowest BCUT2D eigenvalue weighted by Crippen LogP contribution is -2.02. The third-order valence-corrected chi connectivity index (χ3v) is 4.16. The summed E-state index contributed by atoms with van der Waals surface area (Å²) >= 11 is 9.66. The van der Waals surface area contributed by atoms with Crippen molar-refractivity contribution in [2.45, 2.75) is 40.2 Å². The SMILES string of the molecule is CCCn1cc(-c2nc(Cl)c(Br)c(CC(C)C)n2)cn1. The lowest BCUT2D eigenvalue weighted by Gasteiger charge is -2.09. The molecule has 0 aromatic carbocycles. The Bertz CT molecular complexity index is 595. The molecule has 108 valence electrons. The summed E-state index contributed by atoms with van der Waals surface area (Å²) in [7, 11) is 0. The van der Waals surface area contributed by atoms with Crippen LogP contribution in [0.1, 0.15) is 32.9 Å². The molecule has 0 unspecified atom stereocenters. The average Bonchev–Trinajstić information content (AvgIpc) is 2.83. The topological polar surface area (TPSA) is 43.6 Å². The Labute approximate surface area is 132 Å². The molecule has 20 heavy (non-hydrogen) atoms. The van der Waals surface area contributed by atoms with Gasteiger partial charge in [0.15, 0.2) is 5.82 Å². The van der Waals surface area contributed by atoms with Crippen molar-refractivity contribution in [2.24, 2.45) is 5.92 Å². The molecular formula is C14H18BrClN4. The standard InChI is InChI=1S/C14H18BrClN4/c1-4-5-20-8-10(7-17-20)14-18-11(6-9(2)3)12(15)13(16)19-14/h7-9H,4-6H2,1-3H3. The molecule has 0 saturated carbocycles. The van der Waals surface area contributed by atoms with Gasteiger partial charge < -0.3 is 0 Å². The molecule has 4 nitrogen and oxygen atoms in total. The van der Waals surface area contributed by atoms with E-state index in [0.717, 1.165) is 35.1 Å². The second-order valence-corrected chi connectivity index (χ2v) is 6.34. The number of rotatable bonds is 5. The molecule has 0 aliphatic carbocycles. The maximum absolute atomic E-state index is 6.20. The Hall–Kier alpha value is -0.940. The molecule has 0 aliphatic rings. The minimum absolute atomic E-state index is 0.453. The Morgan fingerprint density at radius 3 is 2.75 bits per heavy atom. The molecule has 0 N–H and O–H groups in total. The van der Waals surface area contributed by atoms with Gasteiger partial charge in [0, 0.05) is 12.7 Å². The van der Waals surface area contributed by atoms with Gasteiger partial charge >= 0.3 is 0 Å². The van der Waals surface area contributed by atoms with Crippen molar-refractivity contribution < 1.29 is 0 Å². The summed E-state index contributed by atoms with van der Waals surface area (Å²) in [6.45, 7) is 7.32. The van der Waals surface area contributed by atoms with Crippen LogP contribution in [0.5, 0.6) is 0 Å². The van der Waals surface area contributed by atoms with Crippen LogP contribution in [-0.4, -0.2) is 19.7 Å². The Balaban J connectivity index is 2.37. The lowest BCUT2D eigenvalue weighted by molar-refractivity contribution is 0.603. The number of aryl methyl sites for hydroxylation is 1. The first-order chi connectivity index (χ1) is 9.51. The molecule has 0 fully saturated rings. The molecular weight excluding hydrogens is 340 g/mol. The predicted octanol–water partition coefficient (Wildman–Crippen LogP) is 4.36. The molecule has 0 amide bonds. The second kappa shape index (κ2) is 6.68. The molecule has 2 aromatic rings. The van der Waals surface area contributed by atoms with Gasteiger partial charge in [0.2, 0.25) is 0 Å². The van der Waals surface area contributed by atoms with E-state index in [9.17, 15) is 0 Å². The molecule has 0 radical (unpaired) electrons. The number of halogens is 2. The normalized spacial score (nSPS) is 11.3. The van der Waals surface area contributed by atoms with E-state index < -0.39 is 0 Å². The maximum Gasteiger partial charge on any atom is 0.164 e. The third kappa shape index (κ3) is 3.58. The Morgan fingerprint density at radius 1 is 1.35 bits per heavy atom. The highest BCUT2D eigenvalue weighted by molar-refractivity contribution is 9.10. The minimum atomic E-state index is 0.453. The summed E-state index contributed by atoms with van der Waals surface area (Å²) in [6.07, 6.45) is 5.65. The predicted molar refractivity (Wildman–Crippen MR) is 84.8 cm³/mol. The van der Waals surface area contributed by atoms with Crippen molar-refractivity contribution in [3.8, 4) is 11.4 Å². The van der Waals surface area contributed by atoms with E-state index in [1.807, 2.05) is 10.9 Å². The van der Waals surface area contributed by atoms with E-state index in [1.54, 1.807) is 6.20 Å². The Kier molecular flexibility index (Phi) is 5.16. The van der Waals surface area contributed by atoms with Crippen molar-refractivity contribution in [3.05, 3.63) is 27.7 Å². The van der Waals surface area contributed by atoms with Crippen LogP contribution in [-0.2, 0) is 13.0 Å². The van der Waals surface area contributed by atoms with E-state index in [-0.39, 0.29) is 0 Å². The summed E-state index contributed by atoms with van der Waals surface area (Å²) in [5, 5.41) is 4.76. The number of hydrogen-bond donors (Lipinski definition) is 0. The molecule has 6 heteroatoms. The molecule has 2 aromatic heterocycles. The van der Waals surface area contributed by atoms with Gasteiger partial charge in [-0.1, -0.05) is 32.4 Å². The zero-order valence-corrected chi connectivity index (χ0v) is 14.2. The van der Waals surface area contributed by atoms with Gasteiger partial charge in [-0.3, -0.25) is 4.68 Å². The fourth-order valence-corrected chi connectivity index (χ4v) is 2.47. The van der Waals surface area contributed by atoms with E-state index >= 15 is 0 Å². The summed E-state index contributed by atoms with van der Waals surface area (Å²) in [5.74, 6) is 1.14. The fraction of sp³-hybridized carbons (Fsp3) is 0.500. The Morgan fingerprint density at radius 2 is 2.10 bits per heavy atom. The number of nitrogens with zero attached hydrogens (tertiary/aromatic N) is 4. The van der Waals surface area contributed by atoms with Crippen LogP contribution >= 0.6 is 27.5 Å². The summed E-state index contributed by atoms with van der Waals surface area (Å²) in [5.41, 5.74) is 1.84. The van der Waals surface area contributed by atoms with Crippen molar-refractivity contribution in [2.75, 3.05) is 0 Å². The van der Waals surface area contributed by atoms with E-state index in [0.29, 0.717) is 16.9 Å². The second-order valence-electron chi connectivity index (χ2n) is 5.19. The zero-order valence-electron chi connectivity index (χ0n) is 11.9. The van der Waals surface area contributed by atoms with Gasteiger partial charge in [-0.15, -0.1) is 0 Å². The first kappa shape index (κ1) is 15.4. The van der Waals surface area contributed by atoms with Gasteiger partial charge in [0.1, 0.15) is 5.15 Å². The molecule has 0 aliphatic heterocycles. The molecule has 0 spiro atoms. The van der Waals surface area contributed by atoms with Gasteiger partial charge in [0.05, 0.1) is 21.9 Å². The van der Waals surface area contributed by atoms with Crippen molar-refractivity contribution >= 4 is 27.5 Å². The highest BCUT2D eigenvalue weighted by Gasteiger charge is 2.14. The molecule has 2 rings (SSSR count). The highest BCUT2D eigenvalue weighted by Crippen LogP contribution is 2.28. The maximum atomic E-state index is 6.20. The van der Waals surface area contributed by atoms with E-state index in [1.165, 1.54) is 0 Å². The molecule has 0 bridgehead atoms. The largest absolute Gasteiger partial charge is 0.272 e. The number of aromatic nitrogens is 4. The minimum Gasteiger partial charge on any atom is -0.272 e. The van der Waals surface area contributed by atoms with E-state index in [4.69, 9.17) is 11.6 Å². The lowest BCUT2D eigenvalue weighted by atomic mass is 10.1.